The minimum Gasteiger partial charge on any atom is -0.150 e. The zero-order chi connectivity index (χ0) is 26.2. The third-order valence-electron chi connectivity index (χ3n) is 7.78. The Morgan fingerprint density at radius 3 is 1.30 bits per heavy atom. The Hall–Kier alpha value is -5.62. The van der Waals surface area contributed by atoms with Crippen molar-refractivity contribution in [3.63, 3.8) is 0 Å². The number of hydrogen-bond acceptors (Lipinski definition) is 4. The Morgan fingerprint density at radius 1 is 0.350 bits per heavy atom. The predicted octanol–water partition coefficient (Wildman–Crippen LogP) is 7.77. The van der Waals surface area contributed by atoms with E-state index in [9.17, 15) is 0 Å². The third kappa shape index (κ3) is 3.16. The number of rotatable bonds is 2. The van der Waals surface area contributed by atoms with Crippen molar-refractivity contribution in [1.29, 1.82) is 0 Å². The van der Waals surface area contributed by atoms with Crippen LogP contribution in [0.5, 0.6) is 0 Å². The first-order valence-electron chi connectivity index (χ1n) is 13.2. The van der Waals surface area contributed by atoms with Gasteiger partial charge in [-0.25, -0.2) is 0 Å². The van der Waals surface area contributed by atoms with Gasteiger partial charge in [0.1, 0.15) is 22.1 Å². The minimum absolute atomic E-state index is 0.887. The number of nitrogens with zero attached hydrogens (tertiary/aromatic N) is 6. The molecule has 7 aromatic carbocycles. The van der Waals surface area contributed by atoms with Crippen LogP contribution >= 0.6 is 0 Å². The number of hydrogen-bond donors (Lipinski definition) is 0. The molecule has 0 aliphatic rings. The average Bonchev–Trinajstić information content (AvgIpc) is 3.65. The van der Waals surface area contributed by atoms with Crippen LogP contribution in [0.2, 0.25) is 0 Å². The Kier molecular flexibility index (Phi) is 4.24. The highest BCUT2D eigenvalue weighted by Crippen LogP contribution is 2.29. The van der Waals surface area contributed by atoms with Crippen LogP contribution in [0.4, 0.5) is 0 Å². The van der Waals surface area contributed by atoms with E-state index in [0.717, 1.165) is 76.5 Å². The molecule has 0 bridgehead atoms. The maximum absolute atomic E-state index is 4.85. The van der Waals surface area contributed by atoms with E-state index in [4.69, 9.17) is 20.4 Å². The van der Waals surface area contributed by atoms with Crippen LogP contribution in [0.15, 0.2) is 121 Å². The molecule has 0 saturated carbocycles. The fourth-order valence-electron chi connectivity index (χ4n) is 5.75. The molecule has 0 aliphatic heterocycles. The van der Waals surface area contributed by atoms with Gasteiger partial charge in [-0.1, -0.05) is 72.8 Å². The molecule has 0 fully saturated rings. The van der Waals surface area contributed by atoms with Crippen molar-refractivity contribution in [2.45, 2.75) is 0 Å². The first kappa shape index (κ1) is 21.3. The molecule has 0 radical (unpaired) electrons. The molecular formula is C34H20N6. The number of benzene rings is 7. The fourth-order valence-corrected chi connectivity index (χ4v) is 5.75. The second-order valence-corrected chi connectivity index (χ2v) is 10.2. The maximum Gasteiger partial charge on any atom is 0.121 e. The van der Waals surface area contributed by atoms with Crippen molar-refractivity contribution in [1.82, 2.24) is 30.0 Å². The van der Waals surface area contributed by atoms with Gasteiger partial charge in [-0.3, -0.25) is 0 Å². The van der Waals surface area contributed by atoms with Crippen molar-refractivity contribution in [3.8, 4) is 11.4 Å². The Bertz CT molecular complexity index is 2280. The van der Waals surface area contributed by atoms with Gasteiger partial charge in [0.25, 0.3) is 0 Å². The van der Waals surface area contributed by atoms with Crippen LogP contribution in [-0.4, -0.2) is 30.0 Å². The molecule has 2 heterocycles. The summed E-state index contributed by atoms with van der Waals surface area (Å²) in [4.78, 5) is 3.48. The summed E-state index contributed by atoms with van der Waals surface area (Å²) in [6.45, 7) is 0. The lowest BCUT2D eigenvalue weighted by molar-refractivity contribution is 0.767. The van der Waals surface area contributed by atoms with E-state index in [0.29, 0.717) is 0 Å². The Balaban J connectivity index is 1.14. The predicted molar refractivity (Wildman–Crippen MR) is 161 cm³/mol. The van der Waals surface area contributed by atoms with Crippen molar-refractivity contribution < 1.29 is 0 Å². The standard InChI is InChI=1S/C34H20N6/c1-3-7-29-21(5-1)11-15-31-33(29)37-39(35-31)27-13-9-23-18-26-20-28(14-10-24(26)17-25(23)19-27)40-36-32-16-12-22-6-2-4-8-30(22)34(32)38-40/h1-20H. The molecular weight excluding hydrogens is 492 g/mol. The summed E-state index contributed by atoms with van der Waals surface area (Å²) in [5, 5.41) is 28.4. The molecule has 40 heavy (non-hydrogen) atoms. The van der Waals surface area contributed by atoms with E-state index in [1.54, 1.807) is 9.59 Å². The molecule has 0 amide bonds. The van der Waals surface area contributed by atoms with E-state index < -0.39 is 0 Å². The molecule has 0 atom stereocenters. The molecule has 0 spiro atoms. The van der Waals surface area contributed by atoms with E-state index >= 15 is 0 Å². The second-order valence-electron chi connectivity index (χ2n) is 10.2. The molecule has 2 aromatic heterocycles. The van der Waals surface area contributed by atoms with Crippen molar-refractivity contribution in [2.24, 2.45) is 0 Å². The first-order valence-corrected chi connectivity index (χ1v) is 13.2. The SMILES string of the molecule is c1ccc2c(c1)ccc1nn(-c3ccc4cc5cc(-n6nc7ccc8ccccc8c7n6)ccc5cc4c3)nc12. The third-order valence-corrected chi connectivity index (χ3v) is 7.78. The van der Waals surface area contributed by atoms with Gasteiger partial charge < -0.3 is 0 Å². The number of aromatic nitrogens is 6. The largest absolute Gasteiger partial charge is 0.150 e. The molecule has 0 unspecified atom stereocenters. The summed E-state index contributed by atoms with van der Waals surface area (Å²) in [7, 11) is 0. The Morgan fingerprint density at radius 2 is 0.800 bits per heavy atom. The van der Waals surface area contributed by atoms with Crippen LogP contribution in [0.1, 0.15) is 0 Å². The van der Waals surface area contributed by atoms with Crippen LogP contribution < -0.4 is 0 Å². The van der Waals surface area contributed by atoms with Gasteiger partial charge in [0.15, 0.2) is 0 Å². The zero-order valence-corrected chi connectivity index (χ0v) is 21.2. The normalized spacial score (nSPS) is 12.0. The van der Waals surface area contributed by atoms with Crippen LogP contribution in [-0.2, 0) is 0 Å². The molecule has 6 heteroatoms. The van der Waals surface area contributed by atoms with Gasteiger partial charge in [-0.15, -0.1) is 20.4 Å². The topological polar surface area (TPSA) is 61.4 Å². The lowest BCUT2D eigenvalue weighted by Crippen LogP contribution is -1.99. The van der Waals surface area contributed by atoms with Crippen molar-refractivity contribution in [2.75, 3.05) is 0 Å². The highest BCUT2D eigenvalue weighted by molar-refractivity contribution is 6.05. The zero-order valence-electron chi connectivity index (χ0n) is 21.2. The lowest BCUT2D eigenvalue weighted by Gasteiger charge is -2.07. The minimum atomic E-state index is 0.887. The molecule has 6 nitrogen and oxygen atoms in total. The van der Waals surface area contributed by atoms with Gasteiger partial charge in [0, 0.05) is 10.8 Å². The van der Waals surface area contributed by atoms with Gasteiger partial charge >= 0.3 is 0 Å². The van der Waals surface area contributed by atoms with Gasteiger partial charge in [-0.05, 0) is 80.8 Å². The summed E-state index contributed by atoms with van der Waals surface area (Å²) < 4.78 is 0. The average molecular weight is 513 g/mol. The molecule has 0 saturated heterocycles. The summed E-state index contributed by atoms with van der Waals surface area (Å²) in [6, 6.07) is 42.0. The fraction of sp³-hybridized carbons (Fsp3) is 0. The first-order chi connectivity index (χ1) is 19.8. The maximum atomic E-state index is 4.85. The monoisotopic (exact) mass is 512 g/mol. The molecule has 9 aromatic rings. The highest BCUT2D eigenvalue weighted by atomic mass is 15.5. The van der Waals surface area contributed by atoms with E-state index in [1.165, 1.54) is 0 Å². The number of fused-ring (bicyclic) bond motifs is 8. The van der Waals surface area contributed by atoms with Crippen LogP contribution in [0.3, 0.4) is 0 Å². The molecule has 0 N–H and O–H groups in total. The van der Waals surface area contributed by atoms with Crippen molar-refractivity contribution >= 4 is 65.2 Å². The summed E-state index contributed by atoms with van der Waals surface area (Å²) in [5.74, 6) is 0. The van der Waals surface area contributed by atoms with Crippen molar-refractivity contribution in [3.05, 3.63) is 121 Å². The highest BCUT2D eigenvalue weighted by Gasteiger charge is 2.11. The molecule has 0 aliphatic carbocycles. The molecule has 186 valence electrons. The van der Waals surface area contributed by atoms with E-state index in [1.807, 2.05) is 36.4 Å². The Labute approximate surface area is 227 Å². The van der Waals surface area contributed by atoms with Gasteiger partial charge in [0.2, 0.25) is 0 Å². The van der Waals surface area contributed by atoms with Gasteiger partial charge in [-0.2, -0.15) is 9.59 Å². The summed E-state index contributed by atoms with van der Waals surface area (Å²) >= 11 is 0. The molecule has 9 rings (SSSR count). The van der Waals surface area contributed by atoms with E-state index in [-0.39, 0.29) is 0 Å². The smallest absolute Gasteiger partial charge is 0.121 e. The van der Waals surface area contributed by atoms with E-state index in [2.05, 4.69) is 84.9 Å². The summed E-state index contributed by atoms with van der Waals surface area (Å²) in [5.41, 5.74) is 5.47. The second kappa shape index (κ2) is 7.94. The lowest BCUT2D eigenvalue weighted by atomic mass is 10.0. The van der Waals surface area contributed by atoms with Gasteiger partial charge in [0.05, 0.1) is 11.4 Å². The van der Waals surface area contributed by atoms with Crippen LogP contribution in [0.25, 0.3) is 76.5 Å². The van der Waals surface area contributed by atoms with Crippen LogP contribution in [0, 0.1) is 0 Å². The quantitative estimate of drug-likeness (QED) is 0.222. The summed E-state index contributed by atoms with van der Waals surface area (Å²) in [6.07, 6.45) is 0.